The summed E-state index contributed by atoms with van der Waals surface area (Å²) in [5.74, 6) is 3.38. The van der Waals surface area contributed by atoms with Gasteiger partial charge in [-0.25, -0.2) is 0 Å². The molecule has 0 bridgehead atoms. The van der Waals surface area contributed by atoms with E-state index in [0.717, 1.165) is 30.6 Å². The van der Waals surface area contributed by atoms with Crippen LogP contribution in [0.25, 0.3) is 0 Å². The van der Waals surface area contributed by atoms with E-state index >= 15 is 0 Å². The smallest absolute Gasteiger partial charge is 0.303 e. The maximum Gasteiger partial charge on any atom is 0.303 e. The summed E-state index contributed by atoms with van der Waals surface area (Å²) >= 11 is 0. The lowest BCUT2D eigenvalue weighted by Gasteiger charge is -2.61. The zero-order chi connectivity index (χ0) is 20.3. The Labute approximate surface area is 166 Å². The quantitative estimate of drug-likeness (QED) is 0.679. The van der Waals surface area contributed by atoms with Gasteiger partial charge in [0.25, 0.3) is 0 Å². The molecule has 2 N–H and O–H groups in total. The first kappa shape index (κ1) is 18.5. The Morgan fingerprint density at radius 3 is 2.52 bits per heavy atom. The Kier molecular flexibility index (Phi) is 4.81. The van der Waals surface area contributed by atoms with Crippen molar-refractivity contribution in [2.24, 2.45) is 46.3 Å². The van der Waals surface area contributed by atoms with Gasteiger partial charge >= 0.3 is 5.97 Å². The van der Waals surface area contributed by atoms with E-state index in [9.17, 15) is 9.90 Å². The highest BCUT2D eigenvalue weighted by Gasteiger charge is 2.60. The predicted octanol–water partition coefficient (Wildman–Crippen LogP) is 5.51. The molecular weight excluding hydrogens is 336 g/mol. The van der Waals surface area contributed by atoms with Gasteiger partial charge in [-0.1, -0.05) is 20.8 Å². The van der Waals surface area contributed by atoms with Crippen molar-refractivity contribution in [2.45, 2.75) is 97.5 Å². The standard InChI is InChI=1S/C24H40O3/c1-15(4-9-22(26)27)19-7-8-20-18-6-5-16-14-17(25)10-12-23(16,2)21(18)11-13-24(19,20)3/h15-21,25H,4-14H2,1-3H3,(H,26,27)/t15-,16+,17+,18+,19-,20+,21+,23+,24-/m1/s1/i17D. The van der Waals surface area contributed by atoms with Crippen LogP contribution >= 0.6 is 0 Å². The minimum absolute atomic E-state index is 0.306. The van der Waals surface area contributed by atoms with Crippen molar-refractivity contribution in [3.05, 3.63) is 0 Å². The first-order valence-corrected chi connectivity index (χ1v) is 11.5. The lowest BCUT2D eigenvalue weighted by atomic mass is 9.44. The minimum Gasteiger partial charge on any atom is -0.481 e. The summed E-state index contributed by atoms with van der Waals surface area (Å²) in [6, 6.07) is 0. The van der Waals surface area contributed by atoms with Crippen molar-refractivity contribution in [3.8, 4) is 0 Å². The predicted molar refractivity (Wildman–Crippen MR) is 107 cm³/mol. The van der Waals surface area contributed by atoms with Crippen LogP contribution in [0.3, 0.4) is 0 Å². The first-order chi connectivity index (χ1) is 13.1. The van der Waals surface area contributed by atoms with Gasteiger partial charge in [-0.15, -0.1) is 0 Å². The normalized spacial score (nSPS) is 53.6. The number of fused-ring (bicyclic) bond motifs is 5. The lowest BCUT2D eigenvalue weighted by Crippen LogP contribution is -2.54. The second-order valence-electron chi connectivity index (χ2n) is 11.1. The lowest BCUT2D eigenvalue weighted by molar-refractivity contribution is -0.138. The van der Waals surface area contributed by atoms with E-state index in [2.05, 4.69) is 20.8 Å². The molecule has 0 aromatic carbocycles. The van der Waals surface area contributed by atoms with Gasteiger partial charge in [-0.3, -0.25) is 4.79 Å². The molecule has 4 saturated carbocycles. The minimum atomic E-state index is -1.20. The molecule has 0 radical (unpaired) electrons. The number of carboxylic acid groups (broad SMARTS) is 1. The average Bonchev–Trinajstić information content (AvgIpc) is 2.97. The molecule has 0 unspecified atom stereocenters. The average molecular weight is 378 g/mol. The van der Waals surface area contributed by atoms with Crippen molar-refractivity contribution in [3.63, 3.8) is 0 Å². The number of carboxylic acids is 1. The van der Waals surface area contributed by atoms with E-state index in [1.807, 2.05) is 0 Å². The monoisotopic (exact) mass is 377 g/mol. The second-order valence-corrected chi connectivity index (χ2v) is 11.1. The summed E-state index contributed by atoms with van der Waals surface area (Å²) in [6.07, 6.45) is 9.89. The van der Waals surface area contributed by atoms with Crippen LogP contribution in [0.1, 0.15) is 92.8 Å². The van der Waals surface area contributed by atoms with E-state index in [1.54, 1.807) is 0 Å². The molecule has 4 aliphatic carbocycles. The third-order valence-corrected chi connectivity index (χ3v) is 10.1. The Hall–Kier alpha value is -0.570. The second kappa shape index (κ2) is 7.04. The SMILES string of the molecule is [2H][C@]1(O)CC[C@@]2(C)[C@@H](CC[C@@H]3[C@@H]2CC[C@]2(C)[C@@H]([C@H](C)CCC(=O)O)CC[C@@H]32)C1. The summed E-state index contributed by atoms with van der Waals surface area (Å²) in [7, 11) is 0. The van der Waals surface area contributed by atoms with Crippen LogP contribution in [0.4, 0.5) is 0 Å². The van der Waals surface area contributed by atoms with Gasteiger partial charge in [0, 0.05) is 6.42 Å². The van der Waals surface area contributed by atoms with Crippen LogP contribution in [-0.2, 0) is 4.79 Å². The third kappa shape index (κ3) is 3.16. The van der Waals surface area contributed by atoms with E-state index in [0.29, 0.717) is 47.8 Å². The Morgan fingerprint density at radius 2 is 1.78 bits per heavy atom. The van der Waals surface area contributed by atoms with E-state index < -0.39 is 12.0 Å². The van der Waals surface area contributed by atoms with Crippen molar-refractivity contribution < 1.29 is 16.4 Å². The summed E-state index contributed by atoms with van der Waals surface area (Å²) in [6.45, 7) is 7.30. The summed E-state index contributed by atoms with van der Waals surface area (Å²) in [4.78, 5) is 11.1. The van der Waals surface area contributed by atoms with E-state index in [1.165, 1.54) is 38.5 Å². The molecule has 3 heteroatoms. The van der Waals surface area contributed by atoms with Crippen molar-refractivity contribution in [1.82, 2.24) is 0 Å². The molecule has 0 aliphatic heterocycles. The van der Waals surface area contributed by atoms with Crippen LogP contribution in [0.2, 0.25) is 0 Å². The van der Waals surface area contributed by atoms with Gasteiger partial charge in [-0.2, -0.15) is 0 Å². The maximum atomic E-state index is 11.1. The van der Waals surface area contributed by atoms with E-state index in [4.69, 9.17) is 6.48 Å². The number of hydrogen-bond donors (Lipinski definition) is 2. The van der Waals surface area contributed by atoms with Gasteiger partial charge in [-0.05, 0) is 111 Å². The van der Waals surface area contributed by atoms with Crippen LogP contribution in [0.5, 0.6) is 0 Å². The number of rotatable bonds is 4. The molecule has 0 aromatic heterocycles. The number of aliphatic carboxylic acids is 1. The van der Waals surface area contributed by atoms with Crippen LogP contribution < -0.4 is 0 Å². The first-order valence-electron chi connectivity index (χ1n) is 12.0. The maximum absolute atomic E-state index is 11.1. The summed E-state index contributed by atoms with van der Waals surface area (Å²) in [5, 5.41) is 19.4. The highest BCUT2D eigenvalue weighted by Crippen LogP contribution is 2.68. The zero-order valence-electron chi connectivity index (χ0n) is 18.5. The molecular formula is C24H40O3. The van der Waals surface area contributed by atoms with Gasteiger partial charge < -0.3 is 10.2 Å². The fourth-order valence-corrected chi connectivity index (χ4v) is 8.59. The molecule has 0 saturated heterocycles. The number of hydrogen-bond acceptors (Lipinski definition) is 2. The van der Waals surface area contributed by atoms with Crippen molar-refractivity contribution in [1.29, 1.82) is 0 Å². The van der Waals surface area contributed by atoms with Crippen LogP contribution in [0, 0.1) is 46.3 Å². The Bertz CT molecular complexity index is 619. The van der Waals surface area contributed by atoms with Crippen molar-refractivity contribution in [2.75, 3.05) is 0 Å². The van der Waals surface area contributed by atoms with Crippen molar-refractivity contribution >= 4 is 5.97 Å². The molecule has 0 spiro atoms. The third-order valence-electron chi connectivity index (χ3n) is 10.1. The number of aliphatic hydroxyl groups is 1. The van der Waals surface area contributed by atoms with Gasteiger partial charge in [0.2, 0.25) is 0 Å². The van der Waals surface area contributed by atoms with Gasteiger partial charge in [0.1, 0.15) is 0 Å². The summed E-state index contributed by atoms with van der Waals surface area (Å²) in [5.41, 5.74) is 0.692. The Balaban J connectivity index is 1.51. The topological polar surface area (TPSA) is 57.5 Å². The molecule has 0 heterocycles. The highest BCUT2D eigenvalue weighted by atomic mass is 16.4. The molecule has 4 aliphatic rings. The molecule has 154 valence electrons. The van der Waals surface area contributed by atoms with Crippen LogP contribution in [-0.4, -0.2) is 22.3 Å². The molecule has 0 amide bonds. The van der Waals surface area contributed by atoms with Gasteiger partial charge in [0.15, 0.2) is 0 Å². The fraction of sp³-hybridized carbons (Fsp3) is 0.958. The summed E-state index contributed by atoms with van der Waals surface area (Å²) < 4.78 is 8.17. The molecule has 9 atom stereocenters. The molecule has 4 rings (SSSR count). The molecule has 4 fully saturated rings. The molecule has 3 nitrogen and oxygen atoms in total. The molecule has 0 aromatic rings. The zero-order valence-corrected chi connectivity index (χ0v) is 17.5. The van der Waals surface area contributed by atoms with E-state index in [-0.39, 0.29) is 0 Å². The largest absolute Gasteiger partial charge is 0.481 e. The highest BCUT2D eigenvalue weighted by molar-refractivity contribution is 5.66. The van der Waals surface area contributed by atoms with Gasteiger partial charge in [0.05, 0.1) is 7.45 Å². The Morgan fingerprint density at radius 1 is 1.07 bits per heavy atom. The van der Waals surface area contributed by atoms with Crippen LogP contribution in [0.15, 0.2) is 0 Å². The number of carbonyl (C=O) groups is 1. The fourth-order valence-electron chi connectivity index (χ4n) is 8.59. The molecule has 27 heavy (non-hydrogen) atoms.